The molecule has 7 rings (SSSR count). The Hall–Kier alpha value is -4.70. The molecule has 3 N–H and O–H groups in total. The molecule has 10 heteroatoms. The largest absolute Gasteiger partial charge is 0.436 e. The Balaban J connectivity index is 1.40. The summed E-state index contributed by atoms with van der Waals surface area (Å²) in [6, 6.07) is 10.2. The third-order valence-corrected chi connectivity index (χ3v) is 6.74. The van der Waals surface area contributed by atoms with E-state index in [1.54, 1.807) is 12.3 Å². The van der Waals surface area contributed by atoms with Crippen molar-refractivity contribution in [3.8, 4) is 35.3 Å². The van der Waals surface area contributed by atoms with Crippen LogP contribution in [-0.2, 0) is 0 Å². The van der Waals surface area contributed by atoms with E-state index in [1.807, 2.05) is 38.1 Å². The molecule has 0 amide bonds. The first-order valence-electron chi connectivity index (χ1n) is 11.2. The highest BCUT2D eigenvalue weighted by Gasteiger charge is 2.69. The first kappa shape index (κ1) is 20.9. The molecular formula is C25H21N9O. The van der Waals surface area contributed by atoms with Gasteiger partial charge in [0.1, 0.15) is 17.0 Å². The van der Waals surface area contributed by atoms with Crippen LogP contribution >= 0.6 is 0 Å². The minimum Gasteiger partial charge on any atom is -0.436 e. The van der Waals surface area contributed by atoms with Crippen LogP contribution in [0.3, 0.4) is 0 Å². The van der Waals surface area contributed by atoms with Gasteiger partial charge in [-0.1, -0.05) is 0 Å². The lowest BCUT2D eigenvalue weighted by atomic mass is 9.40. The van der Waals surface area contributed by atoms with E-state index < -0.39 is 0 Å². The van der Waals surface area contributed by atoms with E-state index in [0.717, 1.165) is 36.0 Å². The Kier molecular flexibility index (Phi) is 4.42. The van der Waals surface area contributed by atoms with Crippen LogP contribution in [0.25, 0.3) is 28.8 Å². The summed E-state index contributed by atoms with van der Waals surface area (Å²) >= 11 is 0. The molecule has 10 nitrogen and oxygen atoms in total. The van der Waals surface area contributed by atoms with E-state index in [4.69, 9.17) is 15.0 Å². The number of fused-ring (bicyclic) bond motifs is 1. The van der Waals surface area contributed by atoms with E-state index in [9.17, 15) is 5.26 Å². The van der Waals surface area contributed by atoms with Crippen molar-refractivity contribution >= 4 is 23.2 Å². The molecule has 0 saturated heterocycles. The van der Waals surface area contributed by atoms with Gasteiger partial charge in [-0.2, -0.15) is 25.6 Å². The van der Waals surface area contributed by atoms with Crippen LogP contribution in [-0.4, -0.2) is 35.7 Å². The number of aromatic nitrogens is 6. The van der Waals surface area contributed by atoms with Crippen molar-refractivity contribution in [2.45, 2.75) is 38.6 Å². The number of ether oxygens (including phenoxy) is 1. The van der Waals surface area contributed by atoms with Gasteiger partial charge in [0.2, 0.25) is 5.95 Å². The van der Waals surface area contributed by atoms with Crippen LogP contribution in [0.2, 0.25) is 0 Å². The summed E-state index contributed by atoms with van der Waals surface area (Å²) < 4.78 is 6.37. The molecule has 4 aromatic rings. The summed E-state index contributed by atoms with van der Waals surface area (Å²) in [5.41, 5.74) is 4.08. The number of imidazole rings is 1. The quantitative estimate of drug-likeness (QED) is 0.352. The summed E-state index contributed by atoms with van der Waals surface area (Å²) in [5, 5.41) is 28.6. The normalized spacial score (nSPS) is 22.3. The zero-order chi connectivity index (χ0) is 24.2. The van der Waals surface area contributed by atoms with Crippen LogP contribution in [0, 0.1) is 41.9 Å². The SMILES string of the molecule is Cc1cc(/C=C/C#N)cc(C)c1Oc1nc(NC23CC(C#N)(C2)C3)nc2nc(-c3cc[nH]n3)[nH]c12. The van der Waals surface area contributed by atoms with Crippen molar-refractivity contribution in [1.82, 2.24) is 30.1 Å². The molecule has 0 radical (unpaired) electrons. The van der Waals surface area contributed by atoms with Gasteiger partial charge in [-0.25, -0.2) is 4.98 Å². The molecule has 1 aromatic carbocycles. The standard InChI is InChI=1S/C25H21N9O/c1-14-8-16(4-3-6-26)9-15(2)19(14)35-22-18-21(30-20(29-18)17-5-7-28-34-17)31-23(32-22)33-25-10-24(11-25,12-25)13-27/h3-5,7-9H,10-12H2,1-2H3,(H,28,34)(H2,29,30,31,32,33)/b4-3+. The molecule has 3 aliphatic rings. The Morgan fingerprint density at radius 1 is 1.11 bits per heavy atom. The molecule has 2 bridgehead atoms. The highest BCUT2D eigenvalue weighted by Crippen LogP contribution is 2.67. The second-order valence-electron chi connectivity index (χ2n) is 9.47. The average molecular weight is 464 g/mol. The van der Waals surface area contributed by atoms with E-state index in [0.29, 0.717) is 40.3 Å². The van der Waals surface area contributed by atoms with Gasteiger partial charge >= 0.3 is 0 Å². The number of nitriles is 2. The summed E-state index contributed by atoms with van der Waals surface area (Å²) in [7, 11) is 0. The van der Waals surface area contributed by atoms with Gasteiger partial charge in [0.05, 0.1) is 17.6 Å². The summed E-state index contributed by atoms with van der Waals surface area (Å²) in [4.78, 5) is 17.2. The van der Waals surface area contributed by atoms with Crippen LogP contribution < -0.4 is 10.1 Å². The molecule has 0 aliphatic heterocycles. The maximum Gasteiger partial charge on any atom is 0.250 e. The summed E-state index contributed by atoms with van der Waals surface area (Å²) in [5.74, 6) is 1.99. The second kappa shape index (κ2) is 7.40. The van der Waals surface area contributed by atoms with E-state index >= 15 is 0 Å². The molecule has 172 valence electrons. The lowest BCUT2D eigenvalue weighted by Crippen LogP contribution is -2.70. The van der Waals surface area contributed by atoms with Gasteiger partial charge in [0.15, 0.2) is 11.5 Å². The number of nitrogens with one attached hydrogen (secondary N) is 3. The molecule has 0 spiro atoms. The Morgan fingerprint density at radius 3 is 2.54 bits per heavy atom. The fourth-order valence-electron chi connectivity index (χ4n) is 5.26. The smallest absolute Gasteiger partial charge is 0.250 e. The van der Waals surface area contributed by atoms with Gasteiger partial charge in [-0.3, -0.25) is 5.10 Å². The Labute approximate surface area is 200 Å². The topological polar surface area (TPSA) is 152 Å². The first-order valence-corrected chi connectivity index (χ1v) is 11.2. The number of hydrogen-bond acceptors (Lipinski definition) is 8. The van der Waals surface area contributed by atoms with Crippen LogP contribution in [0.5, 0.6) is 11.6 Å². The minimum atomic E-state index is -0.189. The van der Waals surface area contributed by atoms with Crippen molar-refractivity contribution in [2.24, 2.45) is 5.41 Å². The number of anilines is 1. The number of H-pyrrole nitrogens is 2. The number of rotatable bonds is 6. The summed E-state index contributed by atoms with van der Waals surface area (Å²) in [6.07, 6.45) is 7.32. The highest BCUT2D eigenvalue weighted by atomic mass is 16.5. The fourth-order valence-corrected chi connectivity index (χ4v) is 5.26. The van der Waals surface area contributed by atoms with Crippen molar-refractivity contribution < 1.29 is 4.74 Å². The van der Waals surface area contributed by atoms with E-state index in [2.05, 4.69) is 36.5 Å². The zero-order valence-corrected chi connectivity index (χ0v) is 19.2. The number of allylic oxidation sites excluding steroid dienone is 1. The molecule has 3 aromatic heterocycles. The lowest BCUT2D eigenvalue weighted by molar-refractivity contribution is -0.0665. The molecule has 0 atom stereocenters. The predicted octanol–water partition coefficient (Wildman–Crippen LogP) is 4.55. The molecule has 35 heavy (non-hydrogen) atoms. The Morgan fingerprint density at radius 2 is 1.89 bits per heavy atom. The Bertz CT molecular complexity index is 1540. The van der Waals surface area contributed by atoms with Crippen LogP contribution in [0.15, 0.2) is 30.5 Å². The lowest BCUT2D eigenvalue weighted by Gasteiger charge is -2.66. The number of hydrogen-bond donors (Lipinski definition) is 3. The monoisotopic (exact) mass is 463 g/mol. The molecule has 3 saturated carbocycles. The average Bonchev–Trinajstić information content (AvgIpc) is 3.46. The van der Waals surface area contributed by atoms with Gasteiger partial charge in [0, 0.05) is 17.8 Å². The molecule has 3 fully saturated rings. The van der Waals surface area contributed by atoms with E-state index in [-0.39, 0.29) is 11.0 Å². The second-order valence-corrected chi connectivity index (χ2v) is 9.47. The van der Waals surface area contributed by atoms with Crippen LogP contribution in [0.4, 0.5) is 5.95 Å². The maximum atomic E-state index is 9.35. The van der Waals surface area contributed by atoms with E-state index in [1.165, 1.54) is 6.08 Å². The number of aryl methyl sites for hydroxylation is 2. The minimum absolute atomic E-state index is 0.136. The molecule has 3 heterocycles. The van der Waals surface area contributed by atoms with Gasteiger partial charge in [-0.15, -0.1) is 0 Å². The highest BCUT2D eigenvalue weighted by molar-refractivity contribution is 5.81. The summed E-state index contributed by atoms with van der Waals surface area (Å²) in [6.45, 7) is 3.91. The molecule has 3 aliphatic carbocycles. The first-order chi connectivity index (χ1) is 16.9. The van der Waals surface area contributed by atoms with Crippen LogP contribution in [0.1, 0.15) is 36.0 Å². The number of aromatic amines is 2. The maximum absolute atomic E-state index is 9.35. The van der Waals surface area contributed by atoms with Gasteiger partial charge in [0.25, 0.3) is 5.88 Å². The van der Waals surface area contributed by atoms with Gasteiger partial charge in [-0.05, 0) is 74.1 Å². The van der Waals surface area contributed by atoms with Gasteiger partial charge < -0.3 is 15.0 Å². The number of benzene rings is 1. The van der Waals surface area contributed by atoms with Crippen molar-refractivity contribution in [3.05, 3.63) is 47.2 Å². The van der Waals surface area contributed by atoms with Crippen molar-refractivity contribution in [1.29, 1.82) is 10.5 Å². The third-order valence-electron chi connectivity index (χ3n) is 6.74. The zero-order valence-electron chi connectivity index (χ0n) is 19.2. The third kappa shape index (κ3) is 3.39. The van der Waals surface area contributed by atoms with Crippen molar-refractivity contribution in [3.63, 3.8) is 0 Å². The predicted molar refractivity (Wildman–Crippen MR) is 128 cm³/mol. The molecular weight excluding hydrogens is 442 g/mol. The van der Waals surface area contributed by atoms with Crippen molar-refractivity contribution in [2.75, 3.05) is 5.32 Å². The number of nitrogens with zero attached hydrogens (tertiary/aromatic N) is 6. The molecule has 0 unspecified atom stereocenters. The fraction of sp³-hybridized carbons (Fsp3) is 0.280.